The Balaban J connectivity index is 2.65. The number of aromatic nitrogens is 1. The molecule has 79 valence electrons. The number of aliphatic imine (C=N–C) groups is 1. The van der Waals surface area contributed by atoms with E-state index < -0.39 is 0 Å². The second-order valence-electron chi connectivity index (χ2n) is 2.80. The third-order valence-corrected chi connectivity index (χ3v) is 2.12. The number of amidine groups is 1. The van der Waals surface area contributed by atoms with Crippen LogP contribution in [-0.4, -0.2) is 38.0 Å². The predicted molar refractivity (Wildman–Crippen MR) is 63.3 cm³/mol. The van der Waals surface area contributed by atoms with Crippen molar-refractivity contribution in [2.45, 2.75) is 13.8 Å². The van der Waals surface area contributed by atoms with Gasteiger partial charge in [0.25, 0.3) is 0 Å². The molecule has 0 fully saturated rings. The van der Waals surface area contributed by atoms with E-state index in [1.54, 1.807) is 6.20 Å². The molecule has 1 aromatic heterocycles. The van der Waals surface area contributed by atoms with Gasteiger partial charge in [0.05, 0.1) is 0 Å². The van der Waals surface area contributed by atoms with Gasteiger partial charge in [0, 0.05) is 0 Å². The number of hydrogen-bond donors (Lipinski definition) is 1. The van der Waals surface area contributed by atoms with Gasteiger partial charge in [-0.15, -0.1) is 0 Å². The van der Waals surface area contributed by atoms with Gasteiger partial charge in [-0.25, -0.2) is 0 Å². The normalized spacial score (nSPS) is 12.7. The molecule has 0 aliphatic carbocycles. The van der Waals surface area contributed by atoms with Crippen molar-refractivity contribution >= 4 is 26.5 Å². The van der Waals surface area contributed by atoms with Crippen LogP contribution < -0.4 is 5.43 Å². The van der Waals surface area contributed by atoms with Crippen LogP contribution in [0, 0.1) is 0 Å². The van der Waals surface area contributed by atoms with E-state index in [-0.39, 0.29) is 0 Å². The van der Waals surface area contributed by atoms with E-state index in [1.807, 2.05) is 32.0 Å². The zero-order valence-electron chi connectivity index (χ0n) is 8.77. The average molecular weight is 268 g/mol. The molecule has 0 aliphatic rings. The summed E-state index contributed by atoms with van der Waals surface area (Å²) in [6, 6.07) is 5.72. The number of hydrogen-bond acceptors (Lipinski definition) is 3. The Morgan fingerprint density at radius 3 is 2.93 bits per heavy atom. The van der Waals surface area contributed by atoms with Crippen molar-refractivity contribution < 1.29 is 0 Å². The maximum atomic E-state index is 4.18. The molecule has 1 radical (unpaired) electrons. The molecule has 0 saturated heterocycles. The molecule has 0 aromatic carbocycles. The molecule has 5 heteroatoms. The summed E-state index contributed by atoms with van der Waals surface area (Å²) in [7, 11) is 0. The molecule has 1 aromatic rings. The van der Waals surface area contributed by atoms with E-state index in [2.05, 4.69) is 36.5 Å². The van der Waals surface area contributed by atoms with Crippen LogP contribution in [0.3, 0.4) is 0 Å². The van der Waals surface area contributed by atoms with Crippen molar-refractivity contribution in [1.29, 1.82) is 0 Å². The molecule has 0 spiro atoms. The van der Waals surface area contributed by atoms with Crippen molar-refractivity contribution in [2.75, 3.05) is 6.54 Å². The van der Waals surface area contributed by atoms with E-state index >= 15 is 0 Å². The summed E-state index contributed by atoms with van der Waals surface area (Å²) in [5, 5.41) is 4.16. The number of hydrazone groups is 1. The van der Waals surface area contributed by atoms with Crippen LogP contribution in [0.5, 0.6) is 0 Å². The van der Waals surface area contributed by atoms with E-state index in [0.29, 0.717) is 4.73 Å². The fraction of sp³-hybridized carbons (Fsp3) is 0.300. The first-order valence-corrected chi connectivity index (χ1v) is 5.53. The molecule has 0 atom stereocenters. The maximum absolute atomic E-state index is 4.18. The summed E-state index contributed by atoms with van der Waals surface area (Å²) in [4.78, 5) is 8.29. The van der Waals surface area contributed by atoms with Crippen LogP contribution in [0.25, 0.3) is 0 Å². The van der Waals surface area contributed by atoms with Crippen LogP contribution >= 0.6 is 0 Å². The van der Waals surface area contributed by atoms with Crippen LogP contribution in [0.2, 0.25) is 0 Å². The van der Waals surface area contributed by atoms with E-state index in [9.17, 15) is 0 Å². The summed E-state index contributed by atoms with van der Waals surface area (Å²) in [5.41, 5.74) is 4.51. The molecule has 1 rings (SSSR count). The van der Waals surface area contributed by atoms with Crippen LogP contribution in [0.15, 0.2) is 34.5 Å². The number of nitrogens with zero attached hydrogens (tertiary/aromatic N) is 3. The topological polar surface area (TPSA) is 49.6 Å². The van der Waals surface area contributed by atoms with Crippen molar-refractivity contribution in [3.05, 3.63) is 30.1 Å². The Labute approximate surface area is 97.7 Å². The van der Waals surface area contributed by atoms with Gasteiger partial charge in [-0.3, -0.25) is 0 Å². The SMILES string of the molecule is CCN=C([Se])NN=C(C)c1ccccn1. The van der Waals surface area contributed by atoms with Crippen molar-refractivity contribution in [3.8, 4) is 0 Å². The Bertz CT molecular complexity index is 359. The molecule has 1 N–H and O–H groups in total. The molecule has 0 bridgehead atoms. The minimum atomic E-state index is 0.688. The zero-order valence-corrected chi connectivity index (χ0v) is 10.5. The average Bonchev–Trinajstić information content (AvgIpc) is 2.27. The first kappa shape index (κ1) is 11.9. The fourth-order valence-corrected chi connectivity index (χ4v) is 1.31. The molecule has 4 nitrogen and oxygen atoms in total. The molecule has 0 aliphatic heterocycles. The van der Waals surface area contributed by atoms with Crippen LogP contribution in [0.4, 0.5) is 0 Å². The monoisotopic (exact) mass is 269 g/mol. The summed E-state index contributed by atoms with van der Waals surface area (Å²) in [5.74, 6) is 0. The summed E-state index contributed by atoms with van der Waals surface area (Å²) < 4.78 is 0.688. The van der Waals surface area contributed by atoms with Gasteiger partial charge in [-0.1, -0.05) is 0 Å². The Kier molecular flexibility index (Phi) is 5.01. The summed E-state index contributed by atoms with van der Waals surface area (Å²) >= 11 is 2.80. The molecule has 0 amide bonds. The van der Waals surface area contributed by atoms with Gasteiger partial charge in [0.2, 0.25) is 0 Å². The van der Waals surface area contributed by atoms with Gasteiger partial charge in [-0.05, 0) is 0 Å². The molecule has 1 heterocycles. The van der Waals surface area contributed by atoms with E-state index in [4.69, 9.17) is 0 Å². The van der Waals surface area contributed by atoms with E-state index in [1.165, 1.54) is 0 Å². The molecule has 0 saturated carbocycles. The second kappa shape index (κ2) is 6.32. The van der Waals surface area contributed by atoms with Crippen molar-refractivity contribution in [2.24, 2.45) is 10.1 Å². The zero-order chi connectivity index (χ0) is 11.1. The molecule has 15 heavy (non-hydrogen) atoms. The summed E-state index contributed by atoms with van der Waals surface area (Å²) in [6.07, 6.45) is 1.74. The third-order valence-electron chi connectivity index (χ3n) is 1.66. The Hall–Kier alpha value is -1.19. The molecular weight excluding hydrogens is 255 g/mol. The number of pyridine rings is 1. The van der Waals surface area contributed by atoms with Crippen LogP contribution in [-0.2, 0) is 0 Å². The van der Waals surface area contributed by atoms with Crippen LogP contribution in [0.1, 0.15) is 19.5 Å². The van der Waals surface area contributed by atoms with E-state index in [0.717, 1.165) is 18.0 Å². The minimum absolute atomic E-state index is 0.688. The van der Waals surface area contributed by atoms with Gasteiger partial charge in [0.1, 0.15) is 0 Å². The Morgan fingerprint density at radius 2 is 2.33 bits per heavy atom. The number of nitrogens with one attached hydrogen (secondary N) is 1. The van der Waals surface area contributed by atoms with Gasteiger partial charge >= 0.3 is 97.4 Å². The molecular formula is C10H13N4Se. The van der Waals surface area contributed by atoms with Crippen molar-refractivity contribution in [1.82, 2.24) is 10.4 Å². The van der Waals surface area contributed by atoms with Gasteiger partial charge in [-0.2, -0.15) is 0 Å². The standard InChI is InChI=1S/C10H13N4Se/c1-3-11-10(15)14-13-8(2)9-6-4-5-7-12-9/h4-7H,3H2,1-2H3,(H,11,14). The van der Waals surface area contributed by atoms with Gasteiger partial charge < -0.3 is 0 Å². The first-order chi connectivity index (χ1) is 7.24. The summed E-state index contributed by atoms with van der Waals surface area (Å²) in [6.45, 7) is 4.59. The Morgan fingerprint density at radius 1 is 1.53 bits per heavy atom. The second-order valence-corrected chi connectivity index (χ2v) is 3.61. The molecule has 0 unspecified atom stereocenters. The first-order valence-electron chi connectivity index (χ1n) is 4.67. The van der Waals surface area contributed by atoms with Crippen molar-refractivity contribution in [3.63, 3.8) is 0 Å². The quantitative estimate of drug-likeness (QED) is 0.384. The number of rotatable bonds is 3. The predicted octanol–water partition coefficient (Wildman–Crippen LogP) is 0.940. The fourth-order valence-electron chi connectivity index (χ4n) is 0.945. The van der Waals surface area contributed by atoms with Gasteiger partial charge in [0.15, 0.2) is 0 Å². The third kappa shape index (κ3) is 4.23.